The molecule has 1 aliphatic heterocycles. The van der Waals surface area contributed by atoms with E-state index in [0.717, 1.165) is 10.3 Å². The highest BCUT2D eigenvalue weighted by Crippen LogP contribution is 2.34. The van der Waals surface area contributed by atoms with Gasteiger partial charge >= 0.3 is 0 Å². The Balaban J connectivity index is 1.35. The first kappa shape index (κ1) is 20.9. The first-order valence-corrected chi connectivity index (χ1v) is 11.3. The molecule has 0 bridgehead atoms. The molecule has 8 nitrogen and oxygen atoms in total. The number of hydrogen-bond acceptors (Lipinski definition) is 7. The molecule has 0 aliphatic carbocycles. The molecule has 0 radical (unpaired) electrons. The second kappa shape index (κ2) is 8.51. The standard InChI is InChI=1S/C24H19N3O5S/c1-2-31-18-8-4-5-14-12-19(32-22(14)18)17-13-33-24(25-17)26-23(30)15-6-3-7-16(11-15)27-20(28)9-10-21(27)29/h3-8,11-13H,2,9-10H2,1H3,(H,25,26,30). The lowest BCUT2D eigenvalue weighted by Gasteiger charge is -2.14. The Morgan fingerprint density at radius 3 is 2.73 bits per heavy atom. The van der Waals surface area contributed by atoms with Gasteiger partial charge in [-0.3, -0.25) is 24.6 Å². The predicted molar refractivity (Wildman–Crippen MR) is 125 cm³/mol. The molecule has 2 aromatic heterocycles. The fourth-order valence-electron chi connectivity index (χ4n) is 3.70. The second-order valence-corrected chi connectivity index (χ2v) is 8.24. The van der Waals surface area contributed by atoms with Gasteiger partial charge in [0.2, 0.25) is 11.8 Å². The predicted octanol–water partition coefficient (Wildman–Crippen LogP) is 4.86. The van der Waals surface area contributed by atoms with Gasteiger partial charge in [0.25, 0.3) is 5.91 Å². The lowest BCUT2D eigenvalue weighted by molar-refractivity contribution is -0.121. The van der Waals surface area contributed by atoms with Gasteiger partial charge in [-0.2, -0.15) is 0 Å². The Hall–Kier alpha value is -3.98. The van der Waals surface area contributed by atoms with E-state index >= 15 is 0 Å². The molecule has 5 rings (SSSR count). The van der Waals surface area contributed by atoms with Crippen LogP contribution in [0.25, 0.3) is 22.4 Å². The second-order valence-electron chi connectivity index (χ2n) is 7.38. The van der Waals surface area contributed by atoms with E-state index in [0.29, 0.717) is 45.8 Å². The first-order valence-electron chi connectivity index (χ1n) is 10.4. The molecule has 3 amide bonds. The lowest BCUT2D eigenvalue weighted by Crippen LogP contribution is -2.28. The minimum absolute atomic E-state index is 0.186. The molecule has 0 unspecified atom stereocenters. The topological polar surface area (TPSA) is 102 Å². The minimum Gasteiger partial charge on any atom is -0.490 e. The van der Waals surface area contributed by atoms with E-state index < -0.39 is 0 Å². The van der Waals surface area contributed by atoms with E-state index in [1.54, 1.807) is 23.6 Å². The molecule has 33 heavy (non-hydrogen) atoms. The molecular weight excluding hydrogens is 442 g/mol. The number of furan rings is 1. The number of carbonyl (C=O) groups is 3. The van der Waals surface area contributed by atoms with Crippen LogP contribution in [0.3, 0.4) is 0 Å². The van der Waals surface area contributed by atoms with Crippen molar-refractivity contribution in [2.45, 2.75) is 19.8 Å². The maximum atomic E-state index is 12.8. The molecule has 0 saturated carbocycles. The Bertz CT molecular complexity index is 1370. The van der Waals surface area contributed by atoms with Crippen LogP contribution in [0.1, 0.15) is 30.1 Å². The summed E-state index contributed by atoms with van der Waals surface area (Å²) in [5.74, 6) is 0.322. The van der Waals surface area contributed by atoms with E-state index in [1.165, 1.54) is 17.4 Å². The summed E-state index contributed by atoms with van der Waals surface area (Å²) in [6.07, 6.45) is 0.371. The van der Waals surface area contributed by atoms with Gasteiger partial charge in [0.15, 0.2) is 22.2 Å². The molecule has 166 valence electrons. The average Bonchev–Trinajstić information content (AvgIpc) is 3.53. The third-order valence-electron chi connectivity index (χ3n) is 5.20. The van der Waals surface area contributed by atoms with E-state index in [1.807, 2.05) is 31.2 Å². The van der Waals surface area contributed by atoms with Gasteiger partial charge in [0.05, 0.1) is 12.3 Å². The highest BCUT2D eigenvalue weighted by molar-refractivity contribution is 7.14. The van der Waals surface area contributed by atoms with Crippen molar-refractivity contribution in [2.75, 3.05) is 16.8 Å². The zero-order chi connectivity index (χ0) is 22.9. The number of amides is 3. The normalized spacial score (nSPS) is 13.7. The van der Waals surface area contributed by atoms with Gasteiger partial charge in [-0.1, -0.05) is 18.2 Å². The number of ether oxygens (including phenoxy) is 1. The van der Waals surface area contributed by atoms with Crippen LogP contribution >= 0.6 is 11.3 Å². The number of hydrogen-bond donors (Lipinski definition) is 1. The molecule has 9 heteroatoms. The number of anilines is 2. The summed E-state index contributed by atoms with van der Waals surface area (Å²) in [6, 6.07) is 14.0. The monoisotopic (exact) mass is 461 g/mol. The number of imide groups is 1. The van der Waals surface area contributed by atoms with Crippen molar-refractivity contribution in [1.29, 1.82) is 0 Å². The van der Waals surface area contributed by atoms with Crippen molar-refractivity contribution in [1.82, 2.24) is 4.98 Å². The van der Waals surface area contributed by atoms with Gasteiger partial charge in [-0.15, -0.1) is 11.3 Å². The summed E-state index contributed by atoms with van der Waals surface area (Å²) in [7, 11) is 0. The Kier molecular flexibility index (Phi) is 5.39. The Labute approximate surface area is 192 Å². The maximum absolute atomic E-state index is 12.8. The number of thiazole rings is 1. The zero-order valence-corrected chi connectivity index (χ0v) is 18.5. The smallest absolute Gasteiger partial charge is 0.257 e. The van der Waals surface area contributed by atoms with Crippen molar-refractivity contribution in [3.63, 3.8) is 0 Å². The lowest BCUT2D eigenvalue weighted by atomic mass is 10.2. The van der Waals surface area contributed by atoms with Crippen LogP contribution in [-0.4, -0.2) is 29.3 Å². The SMILES string of the molecule is CCOc1cccc2cc(-c3csc(NC(=O)c4cccc(N5C(=O)CCC5=O)c4)n3)oc12. The van der Waals surface area contributed by atoms with Crippen molar-refractivity contribution in [2.24, 2.45) is 0 Å². The van der Waals surface area contributed by atoms with E-state index in [9.17, 15) is 14.4 Å². The third-order valence-corrected chi connectivity index (χ3v) is 5.96. The van der Waals surface area contributed by atoms with Crippen LogP contribution in [0.15, 0.2) is 58.3 Å². The van der Waals surface area contributed by atoms with Crippen LogP contribution in [0, 0.1) is 0 Å². The van der Waals surface area contributed by atoms with Crippen LogP contribution in [0.4, 0.5) is 10.8 Å². The zero-order valence-electron chi connectivity index (χ0n) is 17.7. The quantitative estimate of drug-likeness (QED) is 0.412. The van der Waals surface area contributed by atoms with Crippen molar-refractivity contribution in [3.05, 3.63) is 59.5 Å². The third kappa shape index (κ3) is 3.98. The molecule has 0 atom stereocenters. The maximum Gasteiger partial charge on any atom is 0.257 e. The van der Waals surface area contributed by atoms with Gasteiger partial charge in [-0.05, 0) is 37.3 Å². The van der Waals surface area contributed by atoms with E-state index in [4.69, 9.17) is 9.15 Å². The molecule has 1 fully saturated rings. The van der Waals surface area contributed by atoms with Crippen molar-refractivity contribution < 1.29 is 23.5 Å². The Morgan fingerprint density at radius 2 is 1.94 bits per heavy atom. The average molecular weight is 461 g/mol. The van der Waals surface area contributed by atoms with E-state index in [2.05, 4.69) is 10.3 Å². The van der Waals surface area contributed by atoms with Crippen molar-refractivity contribution >= 4 is 50.8 Å². The van der Waals surface area contributed by atoms with Crippen LogP contribution in [0.5, 0.6) is 5.75 Å². The Morgan fingerprint density at radius 1 is 1.15 bits per heavy atom. The largest absolute Gasteiger partial charge is 0.490 e. The number of carbonyl (C=O) groups excluding carboxylic acids is 3. The van der Waals surface area contributed by atoms with Gasteiger partial charge in [0.1, 0.15) is 5.69 Å². The minimum atomic E-state index is -0.389. The molecule has 0 spiro atoms. The molecule has 1 N–H and O–H groups in total. The van der Waals surface area contributed by atoms with Gasteiger partial charge < -0.3 is 9.15 Å². The van der Waals surface area contributed by atoms with Gasteiger partial charge in [0, 0.05) is 29.2 Å². The molecule has 1 aliphatic rings. The fourth-order valence-corrected chi connectivity index (χ4v) is 4.39. The van der Waals surface area contributed by atoms with Crippen LogP contribution in [-0.2, 0) is 9.59 Å². The summed E-state index contributed by atoms with van der Waals surface area (Å²) in [6.45, 7) is 2.44. The summed E-state index contributed by atoms with van der Waals surface area (Å²) < 4.78 is 11.6. The summed E-state index contributed by atoms with van der Waals surface area (Å²) in [4.78, 5) is 42.4. The number of rotatable bonds is 6. The van der Waals surface area contributed by atoms with Gasteiger partial charge in [-0.25, -0.2) is 4.98 Å². The molecule has 1 saturated heterocycles. The molecule has 3 heterocycles. The first-order chi connectivity index (χ1) is 16.0. The number of fused-ring (bicyclic) bond motifs is 1. The summed E-state index contributed by atoms with van der Waals surface area (Å²) in [5.41, 5.74) is 1.95. The number of nitrogens with zero attached hydrogens (tertiary/aromatic N) is 2. The summed E-state index contributed by atoms with van der Waals surface area (Å²) in [5, 5.41) is 5.87. The number of benzene rings is 2. The number of aromatic nitrogens is 1. The number of para-hydroxylation sites is 1. The summed E-state index contributed by atoms with van der Waals surface area (Å²) >= 11 is 1.27. The van der Waals surface area contributed by atoms with Crippen molar-refractivity contribution in [3.8, 4) is 17.2 Å². The van der Waals surface area contributed by atoms with E-state index in [-0.39, 0.29) is 30.6 Å². The molecule has 4 aromatic rings. The molecule has 2 aromatic carbocycles. The highest BCUT2D eigenvalue weighted by atomic mass is 32.1. The fraction of sp³-hybridized carbons (Fsp3) is 0.167. The van der Waals surface area contributed by atoms with Crippen LogP contribution in [0.2, 0.25) is 0 Å². The van der Waals surface area contributed by atoms with Crippen LogP contribution < -0.4 is 15.0 Å². The molecular formula is C24H19N3O5S. The number of nitrogens with one attached hydrogen (secondary N) is 1. The highest BCUT2D eigenvalue weighted by Gasteiger charge is 2.30.